The van der Waals surface area contributed by atoms with Crippen molar-refractivity contribution < 1.29 is 75.9 Å². The number of ether oxygens (including phenoxy) is 2. The Hall–Kier alpha value is -15.5. The standard InChI is InChI=1S/2C22H12F3N5O.C18H12F3N5O2.C18H13F2N5O2/c23-14-10-11-16(24)15(12-14)21-26-22(31-28-21)19-20(13-6-2-1-3-7-13)30(29-27-19)18-9-5-4-8-17(18)25;23-14-10-11-15(17(25)12-14)21-26-22(31-28-21)19-20(13-6-2-1-3-7-13)30(29-27-19)18-9-5-4-8-16(18)24;1-27-9-15-16(23-25-26(15)14-5-3-2-4-13(14)21)18-22-17(24-28-18)11-8-10(19)6-7-12(11)20;1-26-10-15-16(22-24-25(15)14-9-5-4-8-13(14)20)18-21-17(23-27-18)11-6-2-3-7-12(11)19/h2*1-12H;2-8H,9H2,1H3;2-9H,10H2,1H3. The molecule has 18 rings (SSSR count). The summed E-state index contributed by atoms with van der Waals surface area (Å²) in [6, 6.07) is 57.4. The third-order valence-electron chi connectivity index (χ3n) is 17.0. The van der Waals surface area contributed by atoms with Crippen molar-refractivity contribution in [1.82, 2.24) is 101 Å². The van der Waals surface area contributed by atoms with E-state index in [0.29, 0.717) is 33.9 Å². The van der Waals surface area contributed by atoms with Gasteiger partial charge < -0.3 is 27.6 Å². The molecule has 37 heteroatoms. The van der Waals surface area contributed by atoms with Gasteiger partial charge in [0.1, 0.15) is 110 Å². The Morgan fingerprint density at radius 2 is 0.564 bits per heavy atom. The van der Waals surface area contributed by atoms with Gasteiger partial charge in [0.25, 0.3) is 23.6 Å². The second-order valence-electron chi connectivity index (χ2n) is 24.4. The molecule has 26 nitrogen and oxygen atoms in total. The highest BCUT2D eigenvalue weighted by Crippen LogP contribution is 2.37. The average molecular weight is 1600 g/mol. The highest BCUT2D eigenvalue weighted by Gasteiger charge is 2.30. The maximum Gasteiger partial charge on any atom is 0.281 e. The fourth-order valence-corrected chi connectivity index (χ4v) is 11.6. The second-order valence-corrected chi connectivity index (χ2v) is 24.4. The molecule has 0 atom stereocenters. The zero-order chi connectivity index (χ0) is 81.2. The van der Waals surface area contributed by atoms with Crippen molar-refractivity contribution >= 4 is 0 Å². The first kappa shape index (κ1) is 76.8. The Balaban J connectivity index is 0.000000122. The van der Waals surface area contributed by atoms with Gasteiger partial charge in [-0.05, 0) is 109 Å². The van der Waals surface area contributed by atoms with Gasteiger partial charge in [-0.1, -0.05) is 163 Å². The van der Waals surface area contributed by atoms with Crippen molar-refractivity contribution in [2.45, 2.75) is 13.2 Å². The molecule has 0 aliphatic carbocycles. The highest BCUT2D eigenvalue weighted by atomic mass is 19.2. The number of para-hydroxylation sites is 4. The predicted molar refractivity (Wildman–Crippen MR) is 392 cm³/mol. The summed E-state index contributed by atoms with van der Waals surface area (Å²) in [6.07, 6.45) is 0. The normalized spacial score (nSPS) is 11.1. The van der Waals surface area contributed by atoms with Crippen molar-refractivity contribution in [2.24, 2.45) is 0 Å². The fraction of sp³-hybridized carbons (Fsp3) is 0.0500. The van der Waals surface area contributed by atoms with E-state index in [1.165, 1.54) is 81.5 Å². The summed E-state index contributed by atoms with van der Waals surface area (Å²) in [5.41, 5.74) is 4.25. The lowest BCUT2D eigenvalue weighted by atomic mass is 10.1. The van der Waals surface area contributed by atoms with Gasteiger partial charge in [-0.3, -0.25) is 0 Å². The Labute approximate surface area is 650 Å². The van der Waals surface area contributed by atoms with Crippen LogP contribution in [0.3, 0.4) is 0 Å². The third kappa shape index (κ3) is 16.3. The summed E-state index contributed by atoms with van der Waals surface area (Å²) in [5, 5.41) is 47.4. The molecule has 0 aliphatic heterocycles. The number of methoxy groups -OCH3 is 2. The first-order chi connectivity index (χ1) is 57.0. The molecule has 10 aromatic carbocycles. The summed E-state index contributed by atoms with van der Waals surface area (Å²) >= 11 is 0. The Morgan fingerprint density at radius 3 is 0.932 bits per heavy atom. The van der Waals surface area contributed by atoms with E-state index in [1.54, 1.807) is 115 Å². The van der Waals surface area contributed by atoms with Crippen molar-refractivity contribution in [3.8, 4) is 137 Å². The lowest BCUT2D eigenvalue weighted by Gasteiger charge is -2.08. The van der Waals surface area contributed by atoms with Crippen LogP contribution in [0.2, 0.25) is 0 Å². The largest absolute Gasteiger partial charge is 0.378 e. The van der Waals surface area contributed by atoms with E-state index in [9.17, 15) is 48.3 Å². The molecule has 0 saturated carbocycles. The maximum atomic E-state index is 14.5. The molecule has 0 aliphatic rings. The Kier molecular flexibility index (Phi) is 22.5. The minimum Gasteiger partial charge on any atom is -0.378 e. The van der Waals surface area contributed by atoms with E-state index >= 15 is 0 Å². The van der Waals surface area contributed by atoms with Crippen molar-refractivity contribution in [3.63, 3.8) is 0 Å². The van der Waals surface area contributed by atoms with E-state index < -0.39 is 64.0 Å². The van der Waals surface area contributed by atoms with Gasteiger partial charge in [-0.25, -0.2) is 67.0 Å². The zero-order valence-electron chi connectivity index (χ0n) is 60.0. The summed E-state index contributed by atoms with van der Waals surface area (Å²) in [4.78, 5) is 16.7. The number of halogens is 11. The van der Waals surface area contributed by atoms with E-state index in [4.69, 9.17) is 27.6 Å². The molecule has 117 heavy (non-hydrogen) atoms. The average Bonchev–Trinajstić information content (AvgIpc) is 1.64. The van der Waals surface area contributed by atoms with E-state index in [-0.39, 0.29) is 128 Å². The molecule has 8 aromatic heterocycles. The molecule has 0 N–H and O–H groups in total. The van der Waals surface area contributed by atoms with Crippen LogP contribution in [0.1, 0.15) is 11.4 Å². The van der Waals surface area contributed by atoms with Crippen LogP contribution < -0.4 is 0 Å². The number of aromatic nitrogens is 20. The summed E-state index contributed by atoms with van der Waals surface area (Å²) in [7, 11) is 2.94. The van der Waals surface area contributed by atoms with Crippen LogP contribution in [0.15, 0.2) is 255 Å². The van der Waals surface area contributed by atoms with Gasteiger partial charge in [0.15, 0.2) is 22.8 Å². The van der Waals surface area contributed by atoms with Crippen LogP contribution in [0.25, 0.3) is 137 Å². The molecule has 582 valence electrons. The lowest BCUT2D eigenvalue weighted by molar-refractivity contribution is 0.179. The molecule has 0 bridgehead atoms. The van der Waals surface area contributed by atoms with Crippen LogP contribution >= 0.6 is 0 Å². The van der Waals surface area contributed by atoms with Crippen LogP contribution in [0.5, 0.6) is 0 Å². The van der Waals surface area contributed by atoms with E-state index in [0.717, 1.165) is 48.5 Å². The van der Waals surface area contributed by atoms with E-state index in [2.05, 4.69) is 81.8 Å². The van der Waals surface area contributed by atoms with Crippen LogP contribution in [-0.4, -0.2) is 115 Å². The molecule has 8 heterocycles. The van der Waals surface area contributed by atoms with Crippen molar-refractivity contribution in [1.29, 1.82) is 0 Å². The minimum atomic E-state index is -0.828. The fourth-order valence-electron chi connectivity index (χ4n) is 11.6. The monoisotopic (exact) mass is 1590 g/mol. The zero-order valence-corrected chi connectivity index (χ0v) is 60.0. The number of hydrogen-bond acceptors (Lipinski definition) is 22. The lowest BCUT2D eigenvalue weighted by Crippen LogP contribution is -2.06. The quantitative estimate of drug-likeness (QED) is 0.0721. The van der Waals surface area contributed by atoms with Gasteiger partial charge >= 0.3 is 0 Å². The Bertz CT molecular complexity index is 6550. The number of hydrogen-bond donors (Lipinski definition) is 0. The molecule has 0 spiro atoms. The molecule has 0 radical (unpaired) electrons. The molecule has 0 unspecified atom stereocenters. The van der Waals surface area contributed by atoms with Crippen LogP contribution in [0, 0.1) is 64.0 Å². The maximum absolute atomic E-state index is 14.5. The molecule has 0 amide bonds. The minimum absolute atomic E-state index is 0.0166. The highest BCUT2D eigenvalue weighted by molar-refractivity contribution is 5.78. The Morgan fingerprint density at radius 1 is 0.274 bits per heavy atom. The molecular formula is C80H49F11N20O6. The van der Waals surface area contributed by atoms with Gasteiger partial charge in [-0.2, -0.15) is 19.9 Å². The van der Waals surface area contributed by atoms with Gasteiger partial charge in [0.2, 0.25) is 23.3 Å². The number of nitrogens with zero attached hydrogens (tertiary/aromatic N) is 20. The number of rotatable bonds is 18. The molecule has 0 fully saturated rings. The van der Waals surface area contributed by atoms with Crippen molar-refractivity contribution in [3.05, 3.63) is 312 Å². The third-order valence-corrected chi connectivity index (χ3v) is 17.0. The SMILES string of the molecule is COCc1c(-c2nc(-c3cc(F)ccc3F)no2)nnn1-c1ccccc1F.COCc1c(-c2nc(-c3ccccc3F)no2)nnn1-c1ccccc1F.Fc1ccc(-c2noc(-c3nnn(-c4ccccc4F)c3-c3ccccc3)n2)c(F)c1.Fc1ccc(F)c(-c2noc(-c3nnn(-c4ccccc4F)c3-c3ccccc3)n2)c1. The van der Waals surface area contributed by atoms with Crippen molar-refractivity contribution in [2.75, 3.05) is 14.2 Å². The topological polar surface area (TPSA) is 297 Å². The number of benzene rings is 10. The van der Waals surface area contributed by atoms with Gasteiger partial charge in [0, 0.05) is 31.4 Å². The van der Waals surface area contributed by atoms with Gasteiger partial charge in [0.05, 0.1) is 35.5 Å². The van der Waals surface area contributed by atoms with Crippen LogP contribution in [-0.2, 0) is 22.7 Å². The molecule has 0 saturated heterocycles. The van der Waals surface area contributed by atoms with Crippen LogP contribution in [0.4, 0.5) is 48.3 Å². The predicted octanol–water partition coefficient (Wildman–Crippen LogP) is 17.1. The first-order valence-corrected chi connectivity index (χ1v) is 34.4. The molecular weight excluding hydrogens is 1550 g/mol. The van der Waals surface area contributed by atoms with Gasteiger partial charge in [-0.15, -0.1) is 20.4 Å². The summed E-state index contributed by atoms with van der Waals surface area (Å²) in [5.74, 6) is -7.16. The second kappa shape index (κ2) is 34.2. The molecule has 18 aromatic rings. The summed E-state index contributed by atoms with van der Waals surface area (Å²) in [6.45, 7) is 0.0940. The smallest absolute Gasteiger partial charge is 0.281 e. The first-order valence-electron chi connectivity index (χ1n) is 34.4. The van der Waals surface area contributed by atoms with E-state index in [1.807, 2.05) is 24.3 Å². The summed E-state index contributed by atoms with van der Waals surface area (Å²) < 4.78 is 190.